The van der Waals surface area contributed by atoms with Crippen LogP contribution < -0.4 is 32.7 Å². The number of nitrogens with two attached hydrogens (primary N) is 2. The zero-order valence-corrected chi connectivity index (χ0v) is 24.1. The van der Waals surface area contributed by atoms with Crippen LogP contribution in [0.5, 0.6) is 0 Å². The van der Waals surface area contributed by atoms with Crippen LogP contribution in [0.4, 0.5) is 0 Å². The predicted octanol–water partition coefficient (Wildman–Crippen LogP) is -5.35. The van der Waals surface area contributed by atoms with E-state index >= 15 is 0 Å². The number of β-amino-alcohol motifs (C(OH)–C–C–N with tert-alkyl or cyclic N) is 1. The van der Waals surface area contributed by atoms with Gasteiger partial charge in [-0.15, -0.1) is 0 Å². The van der Waals surface area contributed by atoms with Crippen LogP contribution in [-0.4, -0.2) is 150 Å². The quantitative estimate of drug-likeness (QED) is 0.0985. The second kappa shape index (κ2) is 14.1. The highest BCUT2D eigenvalue weighted by Gasteiger charge is 2.52. The minimum Gasteiger partial charge on any atom is -0.467 e. The van der Waals surface area contributed by atoms with Crippen LogP contribution in [0.15, 0.2) is 11.8 Å². The lowest BCUT2D eigenvalue weighted by Gasteiger charge is -2.49. The summed E-state index contributed by atoms with van der Waals surface area (Å²) in [5, 5.41) is 64.7. The van der Waals surface area contributed by atoms with Gasteiger partial charge in [0.15, 0.2) is 11.9 Å². The van der Waals surface area contributed by atoms with E-state index < -0.39 is 78.3 Å². The molecule has 0 spiro atoms. The molecule has 0 aromatic carbocycles. The number of likely N-dealkylation sites (N-methyl/N-ethyl adjacent to an activating group) is 1. The SMILES string of the molecule is CN[C@@H]1[C@@H](O)[C@@H](O[C@@H]2[C@@H](O)[C@H](O[C@H]3OC(CNCCO)=CC[C@H]3N)[C@@H](N)C[C@H]2NC(=O)C2(O)CCNC2)OC[C@]1(C)O. The zero-order chi connectivity index (χ0) is 30.7. The van der Waals surface area contributed by atoms with Crippen LogP contribution in [0.25, 0.3) is 0 Å². The molecule has 12 atom stereocenters. The molecule has 1 saturated carbocycles. The average Bonchev–Trinajstić information content (AvgIpc) is 3.39. The molecule has 1 amide bonds. The third-order valence-corrected chi connectivity index (χ3v) is 8.44. The summed E-state index contributed by atoms with van der Waals surface area (Å²) in [7, 11) is 1.58. The summed E-state index contributed by atoms with van der Waals surface area (Å²) in [5.41, 5.74) is 9.70. The maximum atomic E-state index is 13.1. The van der Waals surface area contributed by atoms with Crippen molar-refractivity contribution in [1.82, 2.24) is 21.3 Å². The van der Waals surface area contributed by atoms with Crippen molar-refractivity contribution in [2.45, 2.75) is 98.6 Å². The maximum Gasteiger partial charge on any atom is 0.253 e. The molecule has 242 valence electrons. The summed E-state index contributed by atoms with van der Waals surface area (Å²) in [6.07, 6.45) is -4.71. The molecule has 4 aliphatic rings. The minimum absolute atomic E-state index is 0.0329. The Morgan fingerprint density at radius 2 is 1.90 bits per heavy atom. The summed E-state index contributed by atoms with van der Waals surface area (Å²) < 4.78 is 23.9. The van der Waals surface area contributed by atoms with E-state index in [-0.39, 0.29) is 32.6 Å². The Hall–Kier alpha value is -1.51. The summed E-state index contributed by atoms with van der Waals surface area (Å²) in [6.45, 7) is 2.57. The number of carbonyl (C=O) groups excluding carboxylic acids is 1. The van der Waals surface area contributed by atoms with Crippen molar-refractivity contribution < 1.29 is 49.3 Å². The first-order valence-corrected chi connectivity index (χ1v) is 14.5. The molecule has 16 nitrogen and oxygen atoms in total. The third-order valence-electron chi connectivity index (χ3n) is 8.44. The fraction of sp³-hybridized carbons (Fsp3) is 0.885. The summed E-state index contributed by atoms with van der Waals surface area (Å²) in [4.78, 5) is 13.1. The molecule has 0 bridgehead atoms. The van der Waals surface area contributed by atoms with Crippen LogP contribution in [0.1, 0.15) is 26.2 Å². The lowest BCUT2D eigenvalue weighted by atomic mass is 9.83. The Morgan fingerprint density at radius 3 is 2.57 bits per heavy atom. The van der Waals surface area contributed by atoms with E-state index in [1.165, 1.54) is 6.92 Å². The van der Waals surface area contributed by atoms with Crippen molar-refractivity contribution in [3.63, 3.8) is 0 Å². The minimum atomic E-state index is -1.64. The summed E-state index contributed by atoms with van der Waals surface area (Å²) in [6, 6.07) is -3.07. The number of ether oxygens (including phenoxy) is 4. The smallest absolute Gasteiger partial charge is 0.253 e. The van der Waals surface area contributed by atoms with Crippen LogP contribution in [0, 0.1) is 0 Å². The fourth-order valence-electron chi connectivity index (χ4n) is 5.98. The molecule has 3 aliphatic heterocycles. The highest BCUT2D eigenvalue weighted by Crippen LogP contribution is 2.32. The molecule has 42 heavy (non-hydrogen) atoms. The zero-order valence-electron chi connectivity index (χ0n) is 24.1. The standard InChI is InChI=1S/C26H48N6O10/c1-25(37)12-39-23(18(35)21(25)29-2)42-20-16(32-24(36)26(38)5-6-31-11-26)9-15(28)19(17(20)34)41-22-14(27)4-3-13(40-22)10-30-7-8-33/h3,14-23,29-31,33-35,37-38H,4-12,27-28H2,1-2H3,(H,32,36)/t14-,15+,16-,17+,18-,19-,20+,21-,22-,23-,25+,26?/m1/s1. The first-order valence-electron chi connectivity index (χ1n) is 14.5. The Balaban J connectivity index is 1.52. The van der Waals surface area contributed by atoms with Gasteiger partial charge in [0.1, 0.15) is 35.8 Å². The van der Waals surface area contributed by atoms with E-state index in [1.807, 2.05) is 6.08 Å². The number of rotatable bonds is 11. The molecule has 2 saturated heterocycles. The van der Waals surface area contributed by atoms with Gasteiger partial charge in [-0.3, -0.25) is 4.79 Å². The lowest BCUT2D eigenvalue weighted by molar-refractivity contribution is -0.304. The molecule has 3 heterocycles. The van der Waals surface area contributed by atoms with Gasteiger partial charge in [0.2, 0.25) is 6.29 Å². The van der Waals surface area contributed by atoms with Crippen molar-refractivity contribution >= 4 is 5.91 Å². The number of hydrogen-bond donors (Lipinski definition) is 11. The summed E-state index contributed by atoms with van der Waals surface area (Å²) in [5.74, 6) is -0.0805. The normalized spacial score (nSPS) is 44.4. The fourth-order valence-corrected chi connectivity index (χ4v) is 5.98. The van der Waals surface area contributed by atoms with E-state index in [0.717, 1.165) is 0 Å². The van der Waals surface area contributed by atoms with Gasteiger partial charge < -0.3 is 77.2 Å². The predicted molar refractivity (Wildman–Crippen MR) is 147 cm³/mol. The number of amides is 1. The van der Waals surface area contributed by atoms with Crippen molar-refractivity contribution in [1.29, 1.82) is 0 Å². The van der Waals surface area contributed by atoms with Crippen molar-refractivity contribution in [2.75, 3.05) is 46.4 Å². The topological polar surface area (TPSA) is 255 Å². The van der Waals surface area contributed by atoms with E-state index in [1.54, 1.807) is 7.05 Å². The van der Waals surface area contributed by atoms with Gasteiger partial charge in [-0.2, -0.15) is 0 Å². The number of nitrogens with one attached hydrogen (secondary N) is 4. The highest BCUT2D eigenvalue weighted by molar-refractivity contribution is 5.86. The van der Waals surface area contributed by atoms with E-state index in [9.17, 15) is 25.2 Å². The molecule has 0 aromatic rings. The molecular formula is C26H48N6O10. The molecule has 1 unspecified atom stereocenters. The molecule has 0 aromatic heterocycles. The second-order valence-electron chi connectivity index (χ2n) is 11.9. The van der Waals surface area contributed by atoms with Crippen molar-refractivity contribution in [2.24, 2.45) is 11.5 Å². The Labute approximate surface area is 245 Å². The number of carbonyl (C=O) groups is 1. The van der Waals surface area contributed by atoms with Gasteiger partial charge in [-0.1, -0.05) is 0 Å². The van der Waals surface area contributed by atoms with Gasteiger partial charge >= 0.3 is 0 Å². The first kappa shape index (κ1) is 33.4. The van der Waals surface area contributed by atoms with Crippen LogP contribution in [0.2, 0.25) is 0 Å². The first-order chi connectivity index (χ1) is 19.9. The monoisotopic (exact) mass is 604 g/mol. The van der Waals surface area contributed by atoms with Crippen molar-refractivity contribution in [3.05, 3.63) is 11.8 Å². The molecule has 16 heteroatoms. The van der Waals surface area contributed by atoms with Crippen LogP contribution >= 0.6 is 0 Å². The number of hydrogen-bond acceptors (Lipinski definition) is 15. The van der Waals surface area contributed by atoms with Gasteiger partial charge in [0.25, 0.3) is 5.91 Å². The molecule has 3 fully saturated rings. The Bertz CT molecular complexity index is 937. The van der Waals surface area contributed by atoms with E-state index in [4.69, 9.17) is 35.5 Å². The Morgan fingerprint density at radius 1 is 1.17 bits per heavy atom. The maximum absolute atomic E-state index is 13.1. The number of aliphatic hydroxyl groups excluding tert-OH is 3. The molecule has 1 aliphatic carbocycles. The van der Waals surface area contributed by atoms with Gasteiger partial charge in [-0.05, 0) is 45.9 Å². The lowest BCUT2D eigenvalue weighted by Crippen LogP contribution is -2.70. The number of aliphatic hydroxyl groups is 5. The van der Waals surface area contributed by atoms with E-state index in [0.29, 0.717) is 31.8 Å². The average molecular weight is 605 g/mol. The van der Waals surface area contributed by atoms with Crippen LogP contribution in [-0.2, 0) is 23.7 Å². The van der Waals surface area contributed by atoms with Gasteiger partial charge in [0, 0.05) is 19.1 Å². The Kier molecular flexibility index (Phi) is 11.2. The van der Waals surface area contributed by atoms with Crippen LogP contribution in [0.3, 0.4) is 0 Å². The third kappa shape index (κ3) is 7.40. The van der Waals surface area contributed by atoms with Gasteiger partial charge in [-0.25, -0.2) is 0 Å². The second-order valence-corrected chi connectivity index (χ2v) is 11.9. The molecular weight excluding hydrogens is 556 g/mol. The van der Waals surface area contributed by atoms with E-state index in [2.05, 4.69) is 21.3 Å². The van der Waals surface area contributed by atoms with Crippen molar-refractivity contribution in [3.8, 4) is 0 Å². The molecule has 13 N–H and O–H groups in total. The van der Waals surface area contributed by atoms with Gasteiger partial charge in [0.05, 0.1) is 37.9 Å². The molecule has 0 radical (unpaired) electrons. The molecule has 4 rings (SSSR count). The highest BCUT2D eigenvalue weighted by atomic mass is 16.7. The summed E-state index contributed by atoms with van der Waals surface area (Å²) >= 11 is 0. The largest absolute Gasteiger partial charge is 0.467 e.